The lowest BCUT2D eigenvalue weighted by atomic mass is 10.2. The minimum atomic E-state index is -3.23. The molecular weight excluding hydrogens is 284 g/mol. The van der Waals surface area contributed by atoms with E-state index in [1.807, 2.05) is 30.3 Å². The average Bonchev–Trinajstić information content (AvgIpc) is 2.38. The van der Waals surface area contributed by atoms with Gasteiger partial charge >= 0.3 is 5.97 Å². The second kappa shape index (κ2) is 7.55. The van der Waals surface area contributed by atoms with Gasteiger partial charge in [-0.15, -0.1) is 11.8 Å². The van der Waals surface area contributed by atoms with Crippen molar-refractivity contribution in [2.75, 3.05) is 24.4 Å². The maximum Gasteiger partial charge on any atom is 0.309 e. The van der Waals surface area contributed by atoms with Crippen molar-refractivity contribution in [3.63, 3.8) is 0 Å². The molecule has 0 spiro atoms. The predicted octanol–water partition coefficient (Wildman–Crippen LogP) is 2.00. The van der Waals surface area contributed by atoms with E-state index in [0.29, 0.717) is 5.75 Å². The fourth-order valence-electron chi connectivity index (χ4n) is 1.54. The van der Waals surface area contributed by atoms with E-state index in [4.69, 9.17) is 0 Å². The van der Waals surface area contributed by atoms with E-state index in [0.717, 1.165) is 4.90 Å². The highest BCUT2D eigenvalue weighted by molar-refractivity contribution is 8.00. The first-order chi connectivity index (χ1) is 8.94. The Morgan fingerprint density at radius 1 is 1.32 bits per heavy atom. The summed E-state index contributed by atoms with van der Waals surface area (Å²) in [5, 5.41) is 0. The number of esters is 1. The van der Waals surface area contributed by atoms with Crippen molar-refractivity contribution in [3.05, 3.63) is 30.3 Å². The number of sulfone groups is 1. The van der Waals surface area contributed by atoms with Crippen molar-refractivity contribution in [3.8, 4) is 0 Å². The van der Waals surface area contributed by atoms with Crippen LogP contribution in [0.2, 0.25) is 0 Å². The van der Waals surface area contributed by atoms with Crippen LogP contribution in [0.25, 0.3) is 0 Å². The van der Waals surface area contributed by atoms with Gasteiger partial charge in [0.05, 0.1) is 24.5 Å². The number of hydrogen-bond donors (Lipinski definition) is 0. The highest BCUT2D eigenvalue weighted by Crippen LogP contribution is 2.17. The lowest BCUT2D eigenvalue weighted by Gasteiger charge is -2.09. The Morgan fingerprint density at radius 3 is 2.53 bits per heavy atom. The summed E-state index contributed by atoms with van der Waals surface area (Å²) in [5.41, 5.74) is 0. The van der Waals surface area contributed by atoms with Crippen LogP contribution in [0.15, 0.2) is 35.2 Å². The molecule has 6 heteroatoms. The van der Waals surface area contributed by atoms with E-state index in [2.05, 4.69) is 4.74 Å². The summed E-state index contributed by atoms with van der Waals surface area (Å²) in [4.78, 5) is 12.2. The second-order valence-corrected chi connectivity index (χ2v) is 7.60. The molecule has 0 N–H and O–H groups in total. The van der Waals surface area contributed by atoms with Crippen molar-refractivity contribution in [1.82, 2.24) is 0 Å². The Labute approximate surface area is 118 Å². The molecule has 0 saturated heterocycles. The smallest absolute Gasteiger partial charge is 0.309 e. The number of benzene rings is 1. The molecule has 0 radical (unpaired) electrons. The molecule has 0 saturated carbocycles. The highest BCUT2D eigenvalue weighted by atomic mass is 32.2. The summed E-state index contributed by atoms with van der Waals surface area (Å²) in [6.45, 7) is 1.56. The van der Waals surface area contributed by atoms with Crippen LogP contribution in [0, 0.1) is 5.92 Å². The monoisotopic (exact) mass is 302 g/mol. The van der Waals surface area contributed by atoms with Crippen LogP contribution < -0.4 is 0 Å². The third-order valence-corrected chi connectivity index (χ3v) is 5.62. The van der Waals surface area contributed by atoms with Gasteiger partial charge in [0, 0.05) is 10.6 Å². The van der Waals surface area contributed by atoms with Gasteiger partial charge in [-0.05, 0) is 12.1 Å². The van der Waals surface area contributed by atoms with Crippen LogP contribution in [0.3, 0.4) is 0 Å². The van der Waals surface area contributed by atoms with Crippen molar-refractivity contribution in [2.24, 2.45) is 5.92 Å². The molecule has 0 fully saturated rings. The fraction of sp³-hybridized carbons (Fsp3) is 0.462. The van der Waals surface area contributed by atoms with Gasteiger partial charge in [-0.25, -0.2) is 8.42 Å². The number of thioether (sulfide) groups is 1. The van der Waals surface area contributed by atoms with E-state index in [1.165, 1.54) is 18.9 Å². The average molecular weight is 302 g/mol. The van der Waals surface area contributed by atoms with E-state index in [9.17, 15) is 13.2 Å². The quantitative estimate of drug-likeness (QED) is 0.569. The SMILES string of the molecule is COC(=O)C(C)CS(=O)(=O)CCSc1ccccc1. The minimum Gasteiger partial charge on any atom is -0.469 e. The molecule has 1 rings (SSSR count). The van der Waals surface area contributed by atoms with Crippen LogP contribution in [-0.2, 0) is 19.4 Å². The van der Waals surface area contributed by atoms with Gasteiger partial charge in [0.15, 0.2) is 9.84 Å². The van der Waals surface area contributed by atoms with Crippen LogP contribution in [0.4, 0.5) is 0 Å². The Hall–Kier alpha value is -1.01. The van der Waals surface area contributed by atoms with Gasteiger partial charge in [0.1, 0.15) is 0 Å². The Kier molecular flexibility index (Phi) is 6.37. The fourth-order valence-corrected chi connectivity index (χ4v) is 4.54. The summed E-state index contributed by atoms with van der Waals surface area (Å²) in [6, 6.07) is 9.62. The number of hydrogen-bond acceptors (Lipinski definition) is 5. The second-order valence-electron chi connectivity index (χ2n) is 4.20. The molecule has 1 aromatic rings. The maximum absolute atomic E-state index is 11.8. The van der Waals surface area contributed by atoms with Crippen molar-refractivity contribution in [2.45, 2.75) is 11.8 Å². The van der Waals surface area contributed by atoms with E-state index >= 15 is 0 Å². The molecule has 0 aromatic heterocycles. The highest BCUT2D eigenvalue weighted by Gasteiger charge is 2.21. The van der Waals surface area contributed by atoms with Crippen molar-refractivity contribution < 1.29 is 17.9 Å². The van der Waals surface area contributed by atoms with Crippen LogP contribution >= 0.6 is 11.8 Å². The Balaban J connectivity index is 2.41. The van der Waals surface area contributed by atoms with Crippen LogP contribution in [0.5, 0.6) is 0 Å². The summed E-state index contributed by atoms with van der Waals surface area (Å²) in [7, 11) is -1.97. The van der Waals surface area contributed by atoms with Crippen molar-refractivity contribution >= 4 is 27.6 Å². The number of rotatable bonds is 7. The minimum absolute atomic E-state index is 0.0634. The zero-order valence-corrected chi connectivity index (χ0v) is 12.7. The van der Waals surface area contributed by atoms with Gasteiger partial charge in [-0.1, -0.05) is 25.1 Å². The maximum atomic E-state index is 11.8. The number of carbonyl (C=O) groups is 1. The molecule has 0 bridgehead atoms. The summed E-state index contributed by atoms with van der Waals surface area (Å²) < 4.78 is 28.2. The molecule has 0 aliphatic rings. The molecule has 106 valence electrons. The lowest BCUT2D eigenvalue weighted by molar-refractivity contribution is -0.144. The van der Waals surface area contributed by atoms with Gasteiger partial charge in [-0.2, -0.15) is 0 Å². The van der Waals surface area contributed by atoms with E-state index < -0.39 is 21.7 Å². The molecule has 0 aliphatic carbocycles. The van der Waals surface area contributed by atoms with Gasteiger partial charge in [0.2, 0.25) is 0 Å². The molecule has 1 aromatic carbocycles. The number of methoxy groups -OCH3 is 1. The zero-order valence-electron chi connectivity index (χ0n) is 11.0. The number of carbonyl (C=O) groups excluding carboxylic acids is 1. The molecule has 4 nitrogen and oxygen atoms in total. The normalized spacial score (nSPS) is 12.9. The molecule has 0 amide bonds. The van der Waals surface area contributed by atoms with Crippen molar-refractivity contribution in [1.29, 1.82) is 0 Å². The Morgan fingerprint density at radius 2 is 1.95 bits per heavy atom. The topological polar surface area (TPSA) is 60.4 Å². The molecular formula is C13H18O4S2. The first-order valence-corrected chi connectivity index (χ1v) is 8.71. The first-order valence-electron chi connectivity index (χ1n) is 5.90. The van der Waals surface area contributed by atoms with E-state index in [1.54, 1.807) is 6.92 Å². The molecule has 1 unspecified atom stereocenters. The van der Waals surface area contributed by atoms with E-state index in [-0.39, 0.29) is 11.5 Å². The molecule has 19 heavy (non-hydrogen) atoms. The summed E-state index contributed by atoms with van der Waals surface area (Å²) >= 11 is 1.49. The molecule has 1 atom stereocenters. The predicted molar refractivity (Wildman–Crippen MR) is 77.0 cm³/mol. The lowest BCUT2D eigenvalue weighted by Crippen LogP contribution is -2.24. The molecule has 0 aliphatic heterocycles. The van der Waals surface area contributed by atoms with Gasteiger partial charge in [-0.3, -0.25) is 4.79 Å². The largest absolute Gasteiger partial charge is 0.469 e. The molecule has 0 heterocycles. The Bertz CT molecular complexity index is 497. The summed E-state index contributed by atoms with van der Waals surface area (Å²) in [6.07, 6.45) is 0. The third kappa shape index (κ3) is 6.11. The van der Waals surface area contributed by atoms with Crippen LogP contribution in [-0.4, -0.2) is 38.8 Å². The number of ether oxygens (including phenoxy) is 1. The third-order valence-electron chi connectivity index (χ3n) is 2.51. The van der Waals surface area contributed by atoms with Gasteiger partial charge in [0.25, 0.3) is 0 Å². The summed E-state index contributed by atoms with van der Waals surface area (Å²) in [5.74, 6) is -0.709. The van der Waals surface area contributed by atoms with Crippen LogP contribution in [0.1, 0.15) is 6.92 Å². The van der Waals surface area contributed by atoms with Gasteiger partial charge < -0.3 is 4.74 Å². The first kappa shape index (κ1) is 16.0. The zero-order chi connectivity index (χ0) is 14.3. The standard InChI is InChI=1S/C13H18O4S2/c1-11(13(14)17-2)10-19(15,16)9-8-18-12-6-4-3-5-7-12/h3-7,11H,8-10H2,1-2H3.